The fourth-order valence-electron chi connectivity index (χ4n) is 1.29. The van der Waals surface area contributed by atoms with E-state index in [0.29, 0.717) is 25.3 Å². The van der Waals surface area contributed by atoms with E-state index < -0.39 is 0 Å². The maximum Gasteiger partial charge on any atom is 0.228 e. The molecule has 0 bridgehead atoms. The molecule has 0 spiro atoms. The molecule has 1 amide bonds. The fourth-order valence-corrected chi connectivity index (χ4v) is 1.29. The molecule has 16 heavy (non-hydrogen) atoms. The average molecular weight is 226 g/mol. The molecule has 1 aromatic rings. The van der Waals surface area contributed by atoms with E-state index in [-0.39, 0.29) is 11.9 Å². The molecular formula is C10H18N4O2. The summed E-state index contributed by atoms with van der Waals surface area (Å²) in [5.74, 6) is 0.580. The molecule has 6 nitrogen and oxygen atoms in total. The highest BCUT2D eigenvalue weighted by Crippen LogP contribution is 1.98. The van der Waals surface area contributed by atoms with Crippen molar-refractivity contribution in [3.63, 3.8) is 0 Å². The standard InChI is InChI=1S/C10H18N4O2/c1-8(11)3-2-4-9(15)12-6-5-10-13-7-14-16-10/h7-8H,2-6,11H2,1H3,(H,12,15). The Kier molecular flexibility index (Phi) is 5.49. The molecule has 90 valence electrons. The van der Waals surface area contributed by atoms with Gasteiger partial charge in [-0.25, -0.2) is 0 Å². The molecule has 0 radical (unpaired) electrons. The predicted octanol–water partition coefficient (Wildman–Crippen LogP) is 0.246. The van der Waals surface area contributed by atoms with Gasteiger partial charge in [-0.15, -0.1) is 0 Å². The summed E-state index contributed by atoms with van der Waals surface area (Å²) in [5, 5.41) is 6.26. The van der Waals surface area contributed by atoms with Gasteiger partial charge in [0.05, 0.1) is 0 Å². The summed E-state index contributed by atoms with van der Waals surface area (Å²) in [7, 11) is 0. The van der Waals surface area contributed by atoms with Crippen molar-refractivity contribution < 1.29 is 9.32 Å². The minimum atomic E-state index is 0.0418. The van der Waals surface area contributed by atoms with Gasteiger partial charge in [0.25, 0.3) is 0 Å². The van der Waals surface area contributed by atoms with Crippen molar-refractivity contribution in [3.05, 3.63) is 12.2 Å². The normalized spacial score (nSPS) is 12.4. The van der Waals surface area contributed by atoms with Crippen LogP contribution in [0.25, 0.3) is 0 Å². The lowest BCUT2D eigenvalue weighted by atomic mass is 10.1. The van der Waals surface area contributed by atoms with Crippen molar-refractivity contribution in [3.8, 4) is 0 Å². The van der Waals surface area contributed by atoms with Gasteiger partial charge in [0.1, 0.15) is 0 Å². The quantitative estimate of drug-likeness (QED) is 0.694. The lowest BCUT2D eigenvalue weighted by Gasteiger charge is -2.05. The second-order valence-electron chi connectivity index (χ2n) is 3.80. The maximum absolute atomic E-state index is 11.3. The topological polar surface area (TPSA) is 94.0 Å². The maximum atomic E-state index is 11.3. The molecule has 1 heterocycles. The molecule has 0 aromatic carbocycles. The number of hydrogen-bond donors (Lipinski definition) is 2. The third-order valence-electron chi connectivity index (χ3n) is 2.13. The van der Waals surface area contributed by atoms with Gasteiger partial charge < -0.3 is 15.6 Å². The number of amides is 1. The molecule has 0 fully saturated rings. The van der Waals surface area contributed by atoms with Gasteiger partial charge in [-0.1, -0.05) is 5.16 Å². The van der Waals surface area contributed by atoms with Gasteiger partial charge in [-0.05, 0) is 19.8 Å². The first-order chi connectivity index (χ1) is 7.68. The van der Waals surface area contributed by atoms with E-state index in [1.54, 1.807) is 0 Å². The highest BCUT2D eigenvalue weighted by atomic mass is 16.5. The Labute approximate surface area is 94.6 Å². The summed E-state index contributed by atoms with van der Waals surface area (Å²) in [6.45, 7) is 2.46. The first kappa shape index (κ1) is 12.6. The molecular weight excluding hydrogens is 208 g/mol. The largest absolute Gasteiger partial charge is 0.356 e. The third kappa shape index (κ3) is 5.45. The molecule has 1 aromatic heterocycles. The second-order valence-corrected chi connectivity index (χ2v) is 3.80. The molecule has 0 aliphatic heterocycles. The van der Waals surface area contributed by atoms with Crippen LogP contribution in [-0.2, 0) is 11.2 Å². The first-order valence-corrected chi connectivity index (χ1v) is 5.46. The van der Waals surface area contributed by atoms with E-state index in [1.807, 2.05) is 6.92 Å². The van der Waals surface area contributed by atoms with Crippen molar-refractivity contribution in [1.82, 2.24) is 15.5 Å². The SMILES string of the molecule is CC(N)CCCC(=O)NCCc1ncno1. The van der Waals surface area contributed by atoms with Gasteiger partial charge in [0, 0.05) is 25.4 Å². The number of nitrogens with zero attached hydrogens (tertiary/aromatic N) is 2. The summed E-state index contributed by atoms with van der Waals surface area (Å²) in [4.78, 5) is 15.2. The van der Waals surface area contributed by atoms with Crippen LogP contribution in [0, 0.1) is 0 Å². The van der Waals surface area contributed by atoms with E-state index in [4.69, 9.17) is 10.3 Å². The van der Waals surface area contributed by atoms with E-state index >= 15 is 0 Å². The Bertz CT molecular complexity index is 298. The smallest absolute Gasteiger partial charge is 0.228 e. The Morgan fingerprint density at radius 3 is 3.12 bits per heavy atom. The number of carbonyl (C=O) groups is 1. The third-order valence-corrected chi connectivity index (χ3v) is 2.13. The summed E-state index contributed by atoms with van der Waals surface area (Å²) in [6, 6.07) is 0.159. The summed E-state index contributed by atoms with van der Waals surface area (Å²) in [6.07, 6.45) is 4.13. The molecule has 1 unspecified atom stereocenters. The minimum absolute atomic E-state index is 0.0418. The zero-order valence-corrected chi connectivity index (χ0v) is 9.48. The number of hydrogen-bond acceptors (Lipinski definition) is 5. The zero-order valence-electron chi connectivity index (χ0n) is 9.48. The van der Waals surface area contributed by atoms with Crippen LogP contribution < -0.4 is 11.1 Å². The first-order valence-electron chi connectivity index (χ1n) is 5.46. The molecule has 6 heteroatoms. The van der Waals surface area contributed by atoms with Crippen LogP contribution in [0.15, 0.2) is 10.9 Å². The summed E-state index contributed by atoms with van der Waals surface area (Å²) < 4.78 is 4.80. The van der Waals surface area contributed by atoms with Gasteiger partial charge >= 0.3 is 0 Å². The molecule has 1 rings (SSSR count). The highest BCUT2D eigenvalue weighted by molar-refractivity contribution is 5.75. The van der Waals surface area contributed by atoms with E-state index in [1.165, 1.54) is 6.33 Å². The molecule has 0 aliphatic rings. The number of rotatable bonds is 7. The summed E-state index contributed by atoms with van der Waals surface area (Å²) >= 11 is 0. The minimum Gasteiger partial charge on any atom is -0.356 e. The van der Waals surface area contributed by atoms with Crippen LogP contribution in [0.3, 0.4) is 0 Å². The van der Waals surface area contributed by atoms with Crippen LogP contribution in [-0.4, -0.2) is 28.6 Å². The highest BCUT2D eigenvalue weighted by Gasteiger charge is 2.03. The molecule has 0 saturated carbocycles. The Hall–Kier alpha value is -1.43. The van der Waals surface area contributed by atoms with E-state index in [9.17, 15) is 4.79 Å². The van der Waals surface area contributed by atoms with Crippen LogP contribution in [0.5, 0.6) is 0 Å². The Balaban J connectivity index is 2.02. The van der Waals surface area contributed by atoms with Gasteiger partial charge in [-0.2, -0.15) is 4.98 Å². The molecule has 3 N–H and O–H groups in total. The average Bonchev–Trinajstić information content (AvgIpc) is 2.70. The van der Waals surface area contributed by atoms with Crippen molar-refractivity contribution in [2.75, 3.05) is 6.54 Å². The van der Waals surface area contributed by atoms with Crippen LogP contribution in [0.1, 0.15) is 32.1 Å². The van der Waals surface area contributed by atoms with Crippen molar-refractivity contribution in [1.29, 1.82) is 0 Å². The van der Waals surface area contributed by atoms with Crippen LogP contribution in [0.4, 0.5) is 0 Å². The summed E-state index contributed by atoms with van der Waals surface area (Å²) in [5.41, 5.74) is 5.58. The zero-order chi connectivity index (χ0) is 11.8. The number of nitrogens with one attached hydrogen (secondary N) is 1. The van der Waals surface area contributed by atoms with Gasteiger partial charge in [-0.3, -0.25) is 4.79 Å². The predicted molar refractivity (Wildman–Crippen MR) is 58.5 cm³/mol. The molecule has 0 aliphatic carbocycles. The Morgan fingerprint density at radius 1 is 1.69 bits per heavy atom. The fraction of sp³-hybridized carbons (Fsp3) is 0.700. The monoisotopic (exact) mass is 226 g/mol. The van der Waals surface area contributed by atoms with Crippen LogP contribution in [0.2, 0.25) is 0 Å². The van der Waals surface area contributed by atoms with E-state index in [2.05, 4.69) is 15.5 Å². The molecule has 0 saturated heterocycles. The van der Waals surface area contributed by atoms with Crippen molar-refractivity contribution >= 4 is 5.91 Å². The molecule has 1 atom stereocenters. The van der Waals surface area contributed by atoms with Gasteiger partial charge in [0.15, 0.2) is 6.33 Å². The second kappa shape index (κ2) is 6.95. The lowest BCUT2D eigenvalue weighted by molar-refractivity contribution is -0.121. The van der Waals surface area contributed by atoms with Crippen LogP contribution >= 0.6 is 0 Å². The number of aromatic nitrogens is 2. The number of nitrogens with two attached hydrogens (primary N) is 1. The number of carbonyl (C=O) groups excluding carboxylic acids is 1. The van der Waals surface area contributed by atoms with Crippen molar-refractivity contribution in [2.24, 2.45) is 5.73 Å². The lowest BCUT2D eigenvalue weighted by Crippen LogP contribution is -2.26. The van der Waals surface area contributed by atoms with E-state index in [0.717, 1.165) is 12.8 Å². The van der Waals surface area contributed by atoms with Crippen molar-refractivity contribution in [2.45, 2.75) is 38.6 Å². The Morgan fingerprint density at radius 2 is 2.50 bits per heavy atom. The van der Waals surface area contributed by atoms with Gasteiger partial charge in [0.2, 0.25) is 11.8 Å².